The van der Waals surface area contributed by atoms with Gasteiger partial charge in [-0.2, -0.15) is 0 Å². The highest BCUT2D eigenvalue weighted by Crippen LogP contribution is 2.82. The second-order valence-corrected chi connectivity index (χ2v) is 12.2. The van der Waals surface area contributed by atoms with Crippen molar-refractivity contribution in [1.29, 1.82) is 0 Å². The molecule has 0 amide bonds. The van der Waals surface area contributed by atoms with Crippen LogP contribution in [0.4, 0.5) is 0 Å². The molecule has 3 aliphatic heterocycles. The van der Waals surface area contributed by atoms with Crippen molar-refractivity contribution in [2.24, 2.45) is 0 Å². The Morgan fingerprint density at radius 2 is 1.15 bits per heavy atom. The maximum absolute atomic E-state index is 14.2. The van der Waals surface area contributed by atoms with E-state index in [0.29, 0.717) is 16.6 Å². The van der Waals surface area contributed by atoms with Crippen LogP contribution in [0.25, 0.3) is 5.69 Å². The van der Waals surface area contributed by atoms with Gasteiger partial charge in [0.25, 0.3) is 0 Å². The third kappa shape index (κ3) is 2.78. The highest BCUT2D eigenvalue weighted by molar-refractivity contribution is 7.58. The van der Waals surface area contributed by atoms with Crippen molar-refractivity contribution in [3.63, 3.8) is 0 Å². The first-order valence-electron chi connectivity index (χ1n) is 12.6. The summed E-state index contributed by atoms with van der Waals surface area (Å²) in [5.41, 5.74) is -0.545. The Morgan fingerprint density at radius 1 is 0.718 bits per heavy atom. The highest BCUT2D eigenvalue weighted by atomic mass is 31.2. The van der Waals surface area contributed by atoms with Crippen LogP contribution in [-0.2, 0) is 29.6 Å². The monoisotopic (exact) mass is 543 g/mol. The lowest BCUT2D eigenvalue weighted by atomic mass is 9.66. The van der Waals surface area contributed by atoms with Gasteiger partial charge in [0.2, 0.25) is 0 Å². The molecule has 1 fully saturated rings. The van der Waals surface area contributed by atoms with Crippen LogP contribution >= 0.6 is 7.60 Å². The third-order valence-corrected chi connectivity index (χ3v) is 10.5. The number of hydrogen-bond acceptors (Lipinski definition) is 6. The first kappa shape index (κ1) is 24.3. The molecule has 4 aliphatic rings. The minimum Gasteiger partial charge on any atom is -0.347 e. The summed E-state index contributed by atoms with van der Waals surface area (Å²) in [5.74, 6) is 0. The maximum Gasteiger partial charge on any atom is 0.359 e. The molecular formula is C29H26N3O6P. The number of hydrogen-bond donors (Lipinski definition) is 0. The summed E-state index contributed by atoms with van der Waals surface area (Å²) in [6, 6.07) is 26.3. The van der Waals surface area contributed by atoms with Gasteiger partial charge in [-0.25, -0.2) is 23.5 Å². The van der Waals surface area contributed by atoms with Gasteiger partial charge in [0.05, 0.1) is 11.0 Å². The summed E-state index contributed by atoms with van der Waals surface area (Å²) >= 11 is 0. The second-order valence-electron chi connectivity index (χ2n) is 9.97. The minimum absolute atomic E-state index is 0.331. The average Bonchev–Trinajstić information content (AvgIpc) is 3.65. The van der Waals surface area contributed by atoms with Gasteiger partial charge in [-0.15, -0.1) is 0 Å². The van der Waals surface area contributed by atoms with Crippen LogP contribution in [0.15, 0.2) is 111 Å². The zero-order valence-electron chi connectivity index (χ0n) is 21.6. The number of para-hydroxylation sites is 1. The predicted molar refractivity (Wildman–Crippen MR) is 144 cm³/mol. The normalized spacial score (nSPS) is 26.8. The number of ether oxygens (including phenoxy) is 1. The number of rotatable bonds is 6. The number of nitrogens with zero attached hydrogens (tertiary/aromatic N) is 3. The van der Waals surface area contributed by atoms with Gasteiger partial charge in [0.15, 0.2) is 11.2 Å². The fourth-order valence-electron chi connectivity index (χ4n) is 6.85. The molecule has 4 heterocycles. The van der Waals surface area contributed by atoms with Gasteiger partial charge in [0.1, 0.15) is 12.1 Å². The van der Waals surface area contributed by atoms with Gasteiger partial charge >= 0.3 is 19.0 Å². The summed E-state index contributed by atoms with van der Waals surface area (Å²) in [5, 5.41) is 0.331. The second kappa shape index (κ2) is 8.13. The van der Waals surface area contributed by atoms with E-state index in [9.17, 15) is 14.2 Å². The van der Waals surface area contributed by atoms with Gasteiger partial charge in [-0.1, -0.05) is 78.9 Å². The Morgan fingerprint density at radius 3 is 1.64 bits per heavy atom. The summed E-state index contributed by atoms with van der Waals surface area (Å²) in [4.78, 5) is 28.4. The first-order chi connectivity index (χ1) is 18.9. The molecule has 9 nitrogen and oxygen atoms in total. The van der Waals surface area contributed by atoms with Crippen LogP contribution in [0.2, 0.25) is 0 Å². The molecule has 0 unspecified atom stereocenters. The molecule has 0 spiro atoms. The predicted octanol–water partition coefficient (Wildman–Crippen LogP) is 4.49. The van der Waals surface area contributed by atoms with E-state index in [1.54, 1.807) is 24.3 Å². The van der Waals surface area contributed by atoms with Gasteiger partial charge in [-0.3, -0.25) is 4.57 Å². The van der Waals surface area contributed by atoms with Crippen LogP contribution in [-0.4, -0.2) is 28.2 Å². The van der Waals surface area contributed by atoms with E-state index < -0.39 is 42.3 Å². The van der Waals surface area contributed by atoms with Gasteiger partial charge in [-0.05, 0) is 35.8 Å². The van der Waals surface area contributed by atoms with E-state index in [4.69, 9.17) is 13.8 Å². The van der Waals surface area contributed by atoms with Crippen molar-refractivity contribution in [1.82, 2.24) is 13.9 Å². The Hall–Kier alpha value is -3.75. The number of epoxide rings is 1. The molecule has 4 aromatic rings. The van der Waals surface area contributed by atoms with Crippen molar-refractivity contribution in [2.45, 2.75) is 30.2 Å². The van der Waals surface area contributed by atoms with Crippen LogP contribution in [0.1, 0.15) is 30.1 Å². The topological polar surface area (TPSA) is 97.0 Å². The molecule has 3 aromatic carbocycles. The van der Waals surface area contributed by atoms with E-state index in [1.807, 2.05) is 73.7 Å². The maximum atomic E-state index is 14.2. The summed E-state index contributed by atoms with van der Waals surface area (Å²) in [6.45, 7) is 1.82. The summed E-state index contributed by atoms with van der Waals surface area (Å²) in [6.07, 6.45) is 0. The SMILES string of the molecule is COP(=O)(OC)C1=C(C)[C@@H]2n3c(=O)n(-c4ccccc4)c(=O)n3[C@H]1[C@]1(c3ccccc3)O[C@]21c1ccccc1. The van der Waals surface area contributed by atoms with Crippen LogP contribution < -0.4 is 11.4 Å². The van der Waals surface area contributed by atoms with Gasteiger partial charge < -0.3 is 13.8 Å². The zero-order valence-corrected chi connectivity index (χ0v) is 22.4. The quantitative estimate of drug-likeness (QED) is 0.263. The molecule has 1 saturated heterocycles. The van der Waals surface area contributed by atoms with E-state index in [1.165, 1.54) is 23.6 Å². The minimum atomic E-state index is -3.89. The van der Waals surface area contributed by atoms with Crippen molar-refractivity contribution in [3.05, 3.63) is 134 Å². The highest BCUT2D eigenvalue weighted by Gasteiger charge is 2.86. The van der Waals surface area contributed by atoms with E-state index in [2.05, 4.69) is 0 Å². The Kier molecular flexibility index (Phi) is 5.07. The van der Waals surface area contributed by atoms with Crippen LogP contribution in [0, 0.1) is 0 Å². The number of benzene rings is 3. The average molecular weight is 544 g/mol. The Balaban J connectivity index is 1.65. The van der Waals surface area contributed by atoms with Gasteiger partial charge in [0, 0.05) is 14.2 Å². The lowest BCUT2D eigenvalue weighted by Gasteiger charge is -2.47. The largest absolute Gasteiger partial charge is 0.359 e. The molecular weight excluding hydrogens is 517 g/mol. The molecule has 2 bridgehead atoms. The molecule has 198 valence electrons. The van der Waals surface area contributed by atoms with Crippen LogP contribution in [0.3, 0.4) is 0 Å². The fourth-order valence-corrected chi connectivity index (χ4v) is 8.54. The molecule has 4 atom stereocenters. The summed E-state index contributed by atoms with van der Waals surface area (Å²) in [7, 11) is -1.24. The van der Waals surface area contributed by atoms with Crippen molar-refractivity contribution < 1.29 is 18.3 Å². The van der Waals surface area contributed by atoms with E-state index in [-0.39, 0.29) is 0 Å². The summed E-state index contributed by atoms with van der Waals surface area (Å²) < 4.78 is 36.2. The molecule has 39 heavy (non-hydrogen) atoms. The molecule has 0 radical (unpaired) electrons. The van der Waals surface area contributed by atoms with Crippen molar-refractivity contribution >= 4 is 7.60 Å². The van der Waals surface area contributed by atoms with Crippen LogP contribution in [0.5, 0.6) is 0 Å². The molecule has 10 heteroatoms. The third-order valence-electron chi connectivity index (χ3n) is 8.37. The Bertz CT molecular complexity index is 1800. The molecule has 1 aliphatic carbocycles. The smallest absolute Gasteiger partial charge is 0.347 e. The van der Waals surface area contributed by atoms with E-state index in [0.717, 1.165) is 15.7 Å². The lowest BCUT2D eigenvalue weighted by Crippen LogP contribution is -2.55. The molecule has 8 rings (SSSR count). The fraction of sp³-hybridized carbons (Fsp3) is 0.241. The van der Waals surface area contributed by atoms with Crippen molar-refractivity contribution in [2.75, 3.05) is 14.2 Å². The standard InChI is InChI=1S/C29H26N3O6P/c1-19-23(39(35,36-2)37-3)25-29(21-15-9-5-10-16-21)28(38-29,20-13-7-4-8-14-20)24(19)31-26(33)30(27(34)32(25)31)22-17-11-6-12-18-22/h4-18,24-25H,1-3H3/t24-,25+,28+,29-/m0/s1. The molecule has 1 aromatic heterocycles. The molecule has 0 N–H and O–H groups in total. The first-order valence-corrected chi connectivity index (χ1v) is 14.2. The molecule has 0 saturated carbocycles. The zero-order chi connectivity index (χ0) is 27.2. The van der Waals surface area contributed by atoms with Crippen molar-refractivity contribution in [3.8, 4) is 5.69 Å². The van der Waals surface area contributed by atoms with E-state index >= 15 is 0 Å². The number of aromatic nitrogens is 3. The Labute approximate surface area is 224 Å². The lowest BCUT2D eigenvalue weighted by molar-refractivity contribution is 0.167.